The van der Waals surface area contributed by atoms with E-state index in [9.17, 15) is 8.78 Å². The van der Waals surface area contributed by atoms with Crippen molar-refractivity contribution < 1.29 is 13.6 Å². The minimum atomic E-state index is -2.47. The maximum absolute atomic E-state index is 12.3. The van der Waals surface area contributed by atoms with Gasteiger partial charge in [0.25, 0.3) is 6.43 Å². The fourth-order valence-electron chi connectivity index (χ4n) is 0.966. The van der Waals surface area contributed by atoms with Gasteiger partial charge < -0.3 is 4.84 Å². The van der Waals surface area contributed by atoms with E-state index in [0.717, 1.165) is 6.42 Å². The van der Waals surface area contributed by atoms with Crippen molar-refractivity contribution in [2.24, 2.45) is 5.16 Å². The third-order valence-electron chi connectivity index (χ3n) is 1.67. The minimum Gasteiger partial charge on any atom is -0.395 e. The Balaban J connectivity index is 2.61. The molecule has 2 nitrogen and oxygen atoms in total. The Hall–Kier alpha value is -1.45. The number of halogens is 2. The highest BCUT2D eigenvalue weighted by Crippen LogP contribution is 2.18. The average molecular weight is 212 g/mol. The van der Waals surface area contributed by atoms with Crippen molar-refractivity contribution >= 4 is 6.21 Å². The van der Waals surface area contributed by atoms with Crippen molar-refractivity contribution in [3.8, 4) is 0 Å². The second-order valence-corrected chi connectivity index (χ2v) is 2.96. The molecule has 0 N–H and O–H groups in total. The molecule has 0 aliphatic heterocycles. The largest absolute Gasteiger partial charge is 0.395 e. The Morgan fingerprint density at radius 3 is 2.93 bits per heavy atom. The van der Waals surface area contributed by atoms with E-state index >= 15 is 0 Å². The molecular formula is C11H12F2NO. The normalized spacial score (nSPS) is 11.2. The van der Waals surface area contributed by atoms with Crippen molar-refractivity contribution in [2.45, 2.75) is 19.8 Å². The smallest absolute Gasteiger partial charge is 0.263 e. The molecule has 81 valence electrons. The standard InChI is InChI=1S/C11H12F2NO/c1-2-6-15-14-8-9-4-3-5-10(7-9)11(12)13/h3-5,7,11H,2,6H2,1H3. The summed E-state index contributed by atoms with van der Waals surface area (Å²) in [6, 6.07) is 5.88. The number of nitrogens with zero attached hydrogens (tertiary/aromatic N) is 1. The Kier molecular flexibility index (Phi) is 4.74. The van der Waals surface area contributed by atoms with E-state index in [1.165, 1.54) is 12.1 Å². The molecule has 0 saturated heterocycles. The third-order valence-corrected chi connectivity index (χ3v) is 1.67. The Bertz CT molecular complexity index is 326. The monoisotopic (exact) mass is 212 g/mol. The van der Waals surface area contributed by atoms with E-state index in [1.54, 1.807) is 12.1 Å². The van der Waals surface area contributed by atoms with Crippen LogP contribution >= 0.6 is 0 Å². The fraction of sp³-hybridized carbons (Fsp3) is 0.364. The Morgan fingerprint density at radius 2 is 2.27 bits per heavy atom. The molecule has 0 fully saturated rings. The van der Waals surface area contributed by atoms with Crippen LogP contribution in [0.1, 0.15) is 30.9 Å². The van der Waals surface area contributed by atoms with Gasteiger partial charge in [0.2, 0.25) is 0 Å². The first-order valence-electron chi connectivity index (χ1n) is 4.70. The molecule has 0 saturated carbocycles. The van der Waals surface area contributed by atoms with Gasteiger partial charge in [0.1, 0.15) is 12.8 Å². The molecule has 0 bridgehead atoms. The van der Waals surface area contributed by atoms with Gasteiger partial charge in [0, 0.05) is 11.1 Å². The minimum absolute atomic E-state index is 0.0364. The van der Waals surface area contributed by atoms with Gasteiger partial charge in [0.15, 0.2) is 0 Å². The van der Waals surface area contributed by atoms with Crippen molar-refractivity contribution in [1.82, 2.24) is 0 Å². The third kappa shape index (κ3) is 4.06. The molecule has 0 heterocycles. The van der Waals surface area contributed by atoms with Crippen LogP contribution < -0.4 is 0 Å². The van der Waals surface area contributed by atoms with Crippen LogP contribution in [-0.4, -0.2) is 12.8 Å². The molecule has 15 heavy (non-hydrogen) atoms. The predicted octanol–water partition coefficient (Wildman–Crippen LogP) is 3.26. The second kappa shape index (κ2) is 6.11. The zero-order valence-electron chi connectivity index (χ0n) is 8.41. The first-order valence-corrected chi connectivity index (χ1v) is 4.70. The van der Waals surface area contributed by atoms with Crippen molar-refractivity contribution in [3.63, 3.8) is 0 Å². The lowest BCUT2D eigenvalue weighted by atomic mass is 10.1. The van der Waals surface area contributed by atoms with Crippen LogP contribution in [0, 0.1) is 0 Å². The molecule has 1 radical (unpaired) electrons. The van der Waals surface area contributed by atoms with Crippen LogP contribution in [0.15, 0.2) is 29.4 Å². The topological polar surface area (TPSA) is 21.6 Å². The van der Waals surface area contributed by atoms with E-state index in [4.69, 9.17) is 4.84 Å². The molecule has 0 amide bonds. The Morgan fingerprint density at radius 1 is 1.47 bits per heavy atom. The van der Waals surface area contributed by atoms with E-state index in [2.05, 4.69) is 11.4 Å². The van der Waals surface area contributed by atoms with E-state index in [-0.39, 0.29) is 5.56 Å². The fourth-order valence-corrected chi connectivity index (χ4v) is 0.966. The highest BCUT2D eigenvalue weighted by Gasteiger charge is 2.05. The second-order valence-electron chi connectivity index (χ2n) is 2.96. The van der Waals surface area contributed by atoms with E-state index in [0.29, 0.717) is 12.2 Å². The van der Waals surface area contributed by atoms with E-state index < -0.39 is 6.43 Å². The summed E-state index contributed by atoms with van der Waals surface area (Å²) in [6.45, 7) is 2.45. The highest BCUT2D eigenvalue weighted by molar-refractivity contribution is 5.79. The maximum atomic E-state index is 12.3. The first-order chi connectivity index (χ1) is 7.24. The van der Waals surface area contributed by atoms with Crippen LogP contribution in [0.2, 0.25) is 0 Å². The first kappa shape index (κ1) is 11.6. The van der Waals surface area contributed by atoms with Gasteiger partial charge >= 0.3 is 0 Å². The lowest BCUT2D eigenvalue weighted by Crippen LogP contribution is -1.89. The molecule has 1 aromatic carbocycles. The van der Waals surface area contributed by atoms with Gasteiger partial charge in [-0.25, -0.2) is 8.78 Å². The summed E-state index contributed by atoms with van der Waals surface area (Å²) < 4.78 is 24.6. The zero-order chi connectivity index (χ0) is 11.1. The quantitative estimate of drug-likeness (QED) is 0.417. The summed E-state index contributed by atoms with van der Waals surface area (Å²) in [5.74, 6) is 0. The van der Waals surface area contributed by atoms with Crippen molar-refractivity contribution in [1.29, 1.82) is 0 Å². The zero-order valence-corrected chi connectivity index (χ0v) is 8.41. The van der Waals surface area contributed by atoms with Crippen LogP contribution in [0.4, 0.5) is 8.78 Å². The number of rotatable bonds is 5. The SMILES string of the molecule is CCCO/N=[C]\c1cccc(C(F)F)c1. The lowest BCUT2D eigenvalue weighted by Gasteiger charge is -1.99. The number of hydrogen-bond acceptors (Lipinski definition) is 2. The van der Waals surface area contributed by atoms with Crippen molar-refractivity contribution in [2.75, 3.05) is 6.61 Å². The Labute approximate surface area is 87.6 Å². The molecule has 0 aliphatic carbocycles. The van der Waals surface area contributed by atoms with Crippen LogP contribution in [0.3, 0.4) is 0 Å². The summed E-state index contributed by atoms with van der Waals surface area (Å²) in [4.78, 5) is 4.81. The summed E-state index contributed by atoms with van der Waals surface area (Å²) in [5, 5.41) is 3.54. The molecule has 1 aromatic rings. The molecule has 0 atom stereocenters. The predicted molar refractivity (Wildman–Crippen MR) is 54.2 cm³/mol. The molecule has 0 spiro atoms. The molecule has 1 rings (SSSR count). The lowest BCUT2D eigenvalue weighted by molar-refractivity contribution is 0.146. The van der Waals surface area contributed by atoms with Crippen LogP contribution in [-0.2, 0) is 4.84 Å². The van der Waals surface area contributed by atoms with Gasteiger partial charge in [0.05, 0.1) is 0 Å². The summed E-state index contributed by atoms with van der Waals surface area (Å²) in [5.41, 5.74) is 0.453. The van der Waals surface area contributed by atoms with Gasteiger partial charge in [-0.15, -0.1) is 0 Å². The van der Waals surface area contributed by atoms with Crippen LogP contribution in [0.25, 0.3) is 0 Å². The van der Waals surface area contributed by atoms with Gasteiger partial charge in [-0.2, -0.15) is 0 Å². The van der Waals surface area contributed by atoms with Gasteiger partial charge in [-0.05, 0) is 12.5 Å². The van der Waals surface area contributed by atoms with Crippen LogP contribution in [0.5, 0.6) is 0 Å². The van der Waals surface area contributed by atoms with Gasteiger partial charge in [-0.1, -0.05) is 30.3 Å². The number of alkyl halides is 2. The highest BCUT2D eigenvalue weighted by atomic mass is 19.3. The summed E-state index contributed by atoms with van der Waals surface area (Å²) >= 11 is 0. The summed E-state index contributed by atoms with van der Waals surface area (Å²) in [7, 11) is 0. The molecule has 0 unspecified atom stereocenters. The molecule has 0 aromatic heterocycles. The van der Waals surface area contributed by atoms with Gasteiger partial charge in [-0.3, -0.25) is 0 Å². The van der Waals surface area contributed by atoms with Crippen molar-refractivity contribution in [3.05, 3.63) is 35.4 Å². The summed E-state index contributed by atoms with van der Waals surface area (Å²) in [6.07, 6.45) is 0.924. The molecular weight excluding hydrogens is 200 g/mol. The molecule has 4 heteroatoms. The molecule has 0 aliphatic rings. The number of hydrogen-bond donors (Lipinski definition) is 0. The maximum Gasteiger partial charge on any atom is 0.263 e. The average Bonchev–Trinajstić information content (AvgIpc) is 2.25. The van der Waals surface area contributed by atoms with E-state index in [1.807, 2.05) is 6.92 Å². The number of benzene rings is 1.